The van der Waals surface area contributed by atoms with Gasteiger partial charge in [0, 0.05) is 18.5 Å². The van der Waals surface area contributed by atoms with Gasteiger partial charge >= 0.3 is 5.97 Å². The second-order valence-electron chi connectivity index (χ2n) is 5.50. The van der Waals surface area contributed by atoms with Crippen LogP contribution in [0, 0.1) is 5.92 Å². The highest BCUT2D eigenvalue weighted by molar-refractivity contribution is 5.71. The van der Waals surface area contributed by atoms with E-state index in [1.165, 1.54) is 0 Å². The van der Waals surface area contributed by atoms with Gasteiger partial charge in [-0.1, -0.05) is 25.9 Å². The molecule has 6 heteroatoms. The number of rotatable bonds is 3. The van der Waals surface area contributed by atoms with E-state index in [4.69, 9.17) is 9.63 Å². The summed E-state index contributed by atoms with van der Waals surface area (Å²) in [6.07, 6.45) is 0. The minimum absolute atomic E-state index is 0.149. The van der Waals surface area contributed by atoms with Crippen molar-refractivity contribution in [3.05, 3.63) is 11.7 Å². The summed E-state index contributed by atoms with van der Waals surface area (Å²) >= 11 is 0. The van der Waals surface area contributed by atoms with Crippen molar-refractivity contribution in [2.45, 2.75) is 32.7 Å². The topological polar surface area (TPSA) is 79.5 Å². The molecule has 0 spiro atoms. The van der Waals surface area contributed by atoms with Gasteiger partial charge in [0.2, 0.25) is 5.89 Å². The summed E-state index contributed by atoms with van der Waals surface area (Å²) in [5.74, 6) is 0.260. The third kappa shape index (κ3) is 2.63. The number of carboxylic acid groups (broad SMARTS) is 1. The van der Waals surface area contributed by atoms with Crippen molar-refractivity contribution in [2.75, 3.05) is 13.1 Å². The molecule has 1 aromatic heterocycles. The van der Waals surface area contributed by atoms with Gasteiger partial charge in [-0.05, 0) is 0 Å². The van der Waals surface area contributed by atoms with Gasteiger partial charge in [0.15, 0.2) is 5.82 Å². The number of hydrogen-bond acceptors (Lipinski definition) is 5. The van der Waals surface area contributed by atoms with Crippen molar-refractivity contribution in [2.24, 2.45) is 5.92 Å². The largest absolute Gasteiger partial charge is 0.481 e. The Labute approximate surface area is 99.6 Å². The SMILES string of the molecule is CC(C)(C)c1nc(CN2CC(C(=O)O)C2)no1. The maximum atomic E-state index is 10.6. The Morgan fingerprint density at radius 2 is 2.18 bits per heavy atom. The molecular weight excluding hydrogens is 222 g/mol. The van der Waals surface area contributed by atoms with Crippen molar-refractivity contribution < 1.29 is 14.4 Å². The number of hydrogen-bond donors (Lipinski definition) is 1. The van der Waals surface area contributed by atoms with Gasteiger partial charge in [-0.2, -0.15) is 4.98 Å². The molecule has 1 aliphatic heterocycles. The molecule has 0 amide bonds. The van der Waals surface area contributed by atoms with Crippen LogP contribution < -0.4 is 0 Å². The number of aliphatic carboxylic acids is 1. The lowest BCUT2D eigenvalue weighted by atomic mass is 9.97. The first-order valence-corrected chi connectivity index (χ1v) is 5.64. The fourth-order valence-corrected chi connectivity index (χ4v) is 1.68. The van der Waals surface area contributed by atoms with Crippen LogP contribution in [0.4, 0.5) is 0 Å². The molecule has 1 aromatic rings. The van der Waals surface area contributed by atoms with Crippen LogP contribution in [0.3, 0.4) is 0 Å². The molecule has 1 fully saturated rings. The van der Waals surface area contributed by atoms with Crippen LogP contribution in [0.5, 0.6) is 0 Å². The lowest BCUT2D eigenvalue weighted by molar-refractivity contribution is -0.147. The Morgan fingerprint density at radius 3 is 2.65 bits per heavy atom. The third-order valence-electron chi connectivity index (χ3n) is 2.78. The molecule has 0 unspecified atom stereocenters. The number of likely N-dealkylation sites (tertiary alicyclic amines) is 1. The van der Waals surface area contributed by atoms with Gasteiger partial charge in [-0.3, -0.25) is 9.69 Å². The van der Waals surface area contributed by atoms with Crippen LogP contribution in [0.15, 0.2) is 4.52 Å². The average molecular weight is 239 g/mol. The van der Waals surface area contributed by atoms with E-state index in [9.17, 15) is 4.79 Å². The molecule has 0 radical (unpaired) electrons. The van der Waals surface area contributed by atoms with E-state index in [2.05, 4.69) is 10.1 Å². The Balaban J connectivity index is 1.89. The highest BCUT2D eigenvalue weighted by Crippen LogP contribution is 2.22. The minimum atomic E-state index is -0.732. The van der Waals surface area contributed by atoms with Crippen LogP contribution in [-0.4, -0.2) is 39.2 Å². The van der Waals surface area contributed by atoms with Gasteiger partial charge in [-0.25, -0.2) is 0 Å². The minimum Gasteiger partial charge on any atom is -0.481 e. The summed E-state index contributed by atoms with van der Waals surface area (Å²) in [7, 11) is 0. The van der Waals surface area contributed by atoms with Gasteiger partial charge in [-0.15, -0.1) is 0 Å². The molecule has 0 bridgehead atoms. The summed E-state index contributed by atoms with van der Waals surface area (Å²) in [5, 5.41) is 12.7. The first-order chi connectivity index (χ1) is 7.86. The van der Waals surface area contributed by atoms with Crippen LogP contribution in [-0.2, 0) is 16.8 Å². The Morgan fingerprint density at radius 1 is 1.53 bits per heavy atom. The second-order valence-corrected chi connectivity index (χ2v) is 5.50. The summed E-state index contributed by atoms with van der Waals surface area (Å²) in [4.78, 5) is 16.9. The number of aromatic nitrogens is 2. The van der Waals surface area contributed by atoms with Gasteiger partial charge in [0.1, 0.15) is 0 Å². The monoisotopic (exact) mass is 239 g/mol. The molecule has 94 valence electrons. The summed E-state index contributed by atoms with van der Waals surface area (Å²) in [6, 6.07) is 0. The average Bonchev–Trinajstić information content (AvgIpc) is 2.57. The van der Waals surface area contributed by atoms with Crippen molar-refractivity contribution in [1.29, 1.82) is 0 Å². The maximum absolute atomic E-state index is 10.6. The Bertz CT molecular complexity index is 416. The zero-order chi connectivity index (χ0) is 12.6. The first kappa shape index (κ1) is 12.0. The quantitative estimate of drug-likeness (QED) is 0.843. The number of carbonyl (C=O) groups is 1. The van der Waals surface area contributed by atoms with Crippen LogP contribution in [0.25, 0.3) is 0 Å². The molecule has 17 heavy (non-hydrogen) atoms. The third-order valence-corrected chi connectivity index (χ3v) is 2.78. The fraction of sp³-hybridized carbons (Fsp3) is 0.727. The molecule has 0 saturated carbocycles. The lowest BCUT2D eigenvalue weighted by Gasteiger charge is -2.35. The molecule has 1 aliphatic rings. The standard InChI is InChI=1S/C11H17N3O3/c1-11(2,3)10-12-8(13-17-10)6-14-4-7(5-14)9(15)16/h7H,4-6H2,1-3H3,(H,15,16). The smallest absolute Gasteiger partial charge is 0.309 e. The molecule has 0 aromatic carbocycles. The summed E-state index contributed by atoms with van der Waals surface area (Å²) in [6.45, 7) is 7.71. The Hall–Kier alpha value is -1.43. The molecule has 2 heterocycles. The summed E-state index contributed by atoms with van der Waals surface area (Å²) in [5.41, 5.74) is -0.149. The fourth-order valence-electron chi connectivity index (χ4n) is 1.68. The van der Waals surface area contributed by atoms with E-state index >= 15 is 0 Å². The van der Waals surface area contributed by atoms with Crippen LogP contribution in [0.1, 0.15) is 32.5 Å². The molecule has 6 nitrogen and oxygen atoms in total. The molecular formula is C11H17N3O3. The van der Waals surface area contributed by atoms with Gasteiger partial charge in [0.25, 0.3) is 0 Å². The van der Waals surface area contributed by atoms with Gasteiger partial charge < -0.3 is 9.63 Å². The second kappa shape index (κ2) is 4.10. The van der Waals surface area contributed by atoms with E-state index in [1.54, 1.807) is 0 Å². The van der Waals surface area contributed by atoms with E-state index < -0.39 is 5.97 Å². The predicted octanol–water partition coefficient (Wildman–Crippen LogP) is 0.883. The van der Waals surface area contributed by atoms with Crippen molar-refractivity contribution >= 4 is 5.97 Å². The number of nitrogens with zero attached hydrogens (tertiary/aromatic N) is 3. The molecule has 1 saturated heterocycles. The highest BCUT2D eigenvalue weighted by Gasteiger charge is 2.33. The van der Waals surface area contributed by atoms with E-state index in [0.29, 0.717) is 31.3 Å². The molecule has 0 atom stereocenters. The maximum Gasteiger partial charge on any atom is 0.309 e. The van der Waals surface area contributed by atoms with E-state index in [0.717, 1.165) is 0 Å². The van der Waals surface area contributed by atoms with E-state index in [-0.39, 0.29) is 11.3 Å². The predicted molar refractivity (Wildman–Crippen MR) is 59.4 cm³/mol. The Kier molecular flexibility index (Phi) is 2.91. The van der Waals surface area contributed by atoms with Crippen LogP contribution >= 0.6 is 0 Å². The zero-order valence-corrected chi connectivity index (χ0v) is 10.3. The molecule has 2 rings (SSSR count). The zero-order valence-electron chi connectivity index (χ0n) is 10.3. The molecule has 1 N–H and O–H groups in total. The van der Waals surface area contributed by atoms with Gasteiger partial charge in [0.05, 0.1) is 12.5 Å². The van der Waals surface area contributed by atoms with E-state index in [1.807, 2.05) is 25.7 Å². The normalized spacial score (nSPS) is 18.1. The van der Waals surface area contributed by atoms with Crippen LogP contribution in [0.2, 0.25) is 0 Å². The van der Waals surface area contributed by atoms with Crippen molar-refractivity contribution in [3.63, 3.8) is 0 Å². The first-order valence-electron chi connectivity index (χ1n) is 5.64. The summed E-state index contributed by atoms with van der Waals surface area (Å²) < 4.78 is 5.17. The van der Waals surface area contributed by atoms with Crippen molar-refractivity contribution in [1.82, 2.24) is 15.0 Å². The molecule has 0 aliphatic carbocycles. The van der Waals surface area contributed by atoms with Crippen molar-refractivity contribution in [3.8, 4) is 0 Å². The number of carboxylic acids is 1. The lowest BCUT2D eigenvalue weighted by Crippen LogP contribution is -2.49. The highest BCUT2D eigenvalue weighted by atomic mass is 16.5.